The van der Waals surface area contributed by atoms with Crippen molar-refractivity contribution in [3.8, 4) is 5.69 Å². The van der Waals surface area contributed by atoms with Crippen molar-refractivity contribution >= 4 is 28.9 Å². The Hall–Kier alpha value is -1.59. The Kier molecular flexibility index (Phi) is 3.78. The molecule has 19 heavy (non-hydrogen) atoms. The van der Waals surface area contributed by atoms with Crippen molar-refractivity contribution in [2.24, 2.45) is 0 Å². The van der Waals surface area contributed by atoms with Gasteiger partial charge in [-0.25, -0.2) is 4.68 Å². The maximum Gasteiger partial charge on any atom is 0.329 e. The molecule has 1 aromatic heterocycles. The average Bonchev–Trinajstić information content (AvgIpc) is 2.68. The van der Waals surface area contributed by atoms with Gasteiger partial charge in [-0.2, -0.15) is 5.10 Å². The molecule has 7 heteroatoms. The Labute approximate surface area is 119 Å². The lowest BCUT2D eigenvalue weighted by Crippen LogP contribution is -1.99. The molecule has 0 bridgehead atoms. The molecule has 0 aliphatic heterocycles. The minimum Gasteiger partial charge on any atom is -0.258 e. The number of halogens is 2. The van der Waals surface area contributed by atoms with Gasteiger partial charge in [0.25, 0.3) is 0 Å². The van der Waals surface area contributed by atoms with Crippen LogP contribution in [-0.4, -0.2) is 14.7 Å². The zero-order chi connectivity index (χ0) is 14.2. The number of hydrogen-bond acceptors (Lipinski definition) is 3. The molecule has 0 radical (unpaired) electrons. The Morgan fingerprint density at radius 3 is 2.42 bits per heavy atom. The standard InChI is InChI=1S/C12H11Cl2N3O2/c1-7(2)10-11(17(18)19)12(14)16(15-10)9-6-4-3-5-8(9)13/h3-7H,1-2H3. The molecule has 1 aromatic carbocycles. The number of rotatable bonds is 3. The van der Waals surface area contributed by atoms with Crippen molar-refractivity contribution in [2.75, 3.05) is 0 Å². The summed E-state index contributed by atoms with van der Waals surface area (Å²) in [5, 5.41) is 15.7. The van der Waals surface area contributed by atoms with E-state index in [0.29, 0.717) is 16.4 Å². The minimum absolute atomic E-state index is 0.0400. The second kappa shape index (κ2) is 5.19. The van der Waals surface area contributed by atoms with Gasteiger partial charge in [-0.05, 0) is 12.1 Å². The summed E-state index contributed by atoms with van der Waals surface area (Å²) in [6, 6.07) is 6.91. The number of nitro groups is 1. The fourth-order valence-electron chi connectivity index (χ4n) is 1.75. The molecule has 0 atom stereocenters. The van der Waals surface area contributed by atoms with Gasteiger partial charge in [0.1, 0.15) is 5.69 Å². The number of nitrogens with zero attached hydrogens (tertiary/aromatic N) is 3. The molecule has 1 heterocycles. The van der Waals surface area contributed by atoms with E-state index in [1.165, 1.54) is 4.68 Å². The summed E-state index contributed by atoms with van der Waals surface area (Å²) in [5.74, 6) is -0.110. The first-order chi connectivity index (χ1) is 8.93. The topological polar surface area (TPSA) is 61.0 Å². The van der Waals surface area contributed by atoms with Crippen LogP contribution in [0.2, 0.25) is 10.2 Å². The van der Waals surface area contributed by atoms with Crippen LogP contribution in [0.1, 0.15) is 25.5 Å². The van der Waals surface area contributed by atoms with Gasteiger partial charge in [0.2, 0.25) is 5.15 Å². The number of benzene rings is 1. The summed E-state index contributed by atoms with van der Waals surface area (Å²) < 4.78 is 1.30. The maximum absolute atomic E-state index is 11.1. The molecule has 0 amide bonds. The summed E-state index contributed by atoms with van der Waals surface area (Å²) in [4.78, 5) is 10.6. The molecule has 0 spiro atoms. The molecule has 100 valence electrons. The van der Waals surface area contributed by atoms with Crippen LogP contribution >= 0.6 is 23.2 Å². The van der Waals surface area contributed by atoms with Crippen LogP contribution in [0.3, 0.4) is 0 Å². The SMILES string of the molecule is CC(C)c1nn(-c2ccccc2Cl)c(Cl)c1[N+](=O)[O-]. The van der Waals surface area contributed by atoms with Gasteiger partial charge >= 0.3 is 5.69 Å². The predicted octanol–water partition coefficient (Wildman–Crippen LogP) is 4.21. The Morgan fingerprint density at radius 2 is 1.95 bits per heavy atom. The monoisotopic (exact) mass is 299 g/mol. The van der Waals surface area contributed by atoms with Gasteiger partial charge in [-0.1, -0.05) is 49.2 Å². The van der Waals surface area contributed by atoms with Gasteiger partial charge in [-0.3, -0.25) is 10.1 Å². The fourth-order valence-corrected chi connectivity index (χ4v) is 2.26. The second-order valence-electron chi connectivity index (χ2n) is 4.30. The number of aromatic nitrogens is 2. The van der Waals surface area contributed by atoms with E-state index in [4.69, 9.17) is 23.2 Å². The van der Waals surface area contributed by atoms with E-state index < -0.39 is 4.92 Å². The number of hydrogen-bond donors (Lipinski definition) is 0. The van der Waals surface area contributed by atoms with Crippen LogP contribution in [0.5, 0.6) is 0 Å². The van der Waals surface area contributed by atoms with Crippen LogP contribution < -0.4 is 0 Å². The van der Waals surface area contributed by atoms with Gasteiger partial charge in [0.05, 0.1) is 15.6 Å². The van der Waals surface area contributed by atoms with Crippen molar-refractivity contribution < 1.29 is 4.92 Å². The van der Waals surface area contributed by atoms with Gasteiger partial charge < -0.3 is 0 Å². The molecule has 0 aliphatic carbocycles. The van der Waals surface area contributed by atoms with Crippen molar-refractivity contribution in [3.05, 3.63) is 50.2 Å². The Morgan fingerprint density at radius 1 is 1.32 bits per heavy atom. The zero-order valence-corrected chi connectivity index (χ0v) is 11.8. The van der Waals surface area contributed by atoms with Crippen LogP contribution in [-0.2, 0) is 0 Å². The molecule has 0 N–H and O–H groups in total. The normalized spacial score (nSPS) is 11.0. The molecule has 0 aliphatic rings. The number of para-hydroxylation sites is 1. The fraction of sp³-hybridized carbons (Fsp3) is 0.250. The van der Waals surface area contributed by atoms with Crippen molar-refractivity contribution in [1.82, 2.24) is 9.78 Å². The zero-order valence-electron chi connectivity index (χ0n) is 10.3. The quantitative estimate of drug-likeness (QED) is 0.630. The van der Waals surface area contributed by atoms with Crippen LogP contribution in [0.25, 0.3) is 5.69 Å². The van der Waals surface area contributed by atoms with Crippen molar-refractivity contribution in [1.29, 1.82) is 0 Å². The third kappa shape index (κ3) is 2.43. The van der Waals surface area contributed by atoms with Gasteiger partial charge in [-0.15, -0.1) is 0 Å². The van der Waals surface area contributed by atoms with Crippen molar-refractivity contribution in [2.45, 2.75) is 19.8 Å². The lowest BCUT2D eigenvalue weighted by molar-refractivity contribution is -0.385. The first-order valence-corrected chi connectivity index (χ1v) is 6.36. The highest BCUT2D eigenvalue weighted by Gasteiger charge is 2.29. The predicted molar refractivity (Wildman–Crippen MR) is 74.3 cm³/mol. The van der Waals surface area contributed by atoms with Crippen LogP contribution in [0.4, 0.5) is 5.69 Å². The second-order valence-corrected chi connectivity index (χ2v) is 5.06. The molecule has 5 nitrogen and oxygen atoms in total. The average molecular weight is 300 g/mol. The molecule has 2 aromatic rings. The highest BCUT2D eigenvalue weighted by Crippen LogP contribution is 2.35. The highest BCUT2D eigenvalue weighted by molar-refractivity contribution is 6.34. The maximum atomic E-state index is 11.1. The highest BCUT2D eigenvalue weighted by atomic mass is 35.5. The minimum atomic E-state index is -0.516. The van der Waals surface area contributed by atoms with E-state index in [1.807, 2.05) is 13.8 Å². The largest absolute Gasteiger partial charge is 0.329 e. The van der Waals surface area contributed by atoms with Crippen LogP contribution in [0.15, 0.2) is 24.3 Å². The van der Waals surface area contributed by atoms with Crippen LogP contribution in [0, 0.1) is 10.1 Å². The van der Waals surface area contributed by atoms with Gasteiger partial charge in [0.15, 0.2) is 0 Å². The Balaban J connectivity index is 2.70. The molecule has 2 rings (SSSR count). The van der Waals surface area contributed by atoms with E-state index in [2.05, 4.69) is 5.10 Å². The first kappa shape index (κ1) is 13.8. The molecular formula is C12H11Cl2N3O2. The summed E-state index contributed by atoms with van der Waals surface area (Å²) >= 11 is 12.1. The van der Waals surface area contributed by atoms with E-state index in [0.717, 1.165) is 0 Å². The molecule has 0 saturated heterocycles. The van der Waals surface area contributed by atoms with E-state index >= 15 is 0 Å². The molecule has 0 unspecified atom stereocenters. The van der Waals surface area contributed by atoms with E-state index in [9.17, 15) is 10.1 Å². The summed E-state index contributed by atoms with van der Waals surface area (Å²) in [6.45, 7) is 3.64. The van der Waals surface area contributed by atoms with Gasteiger partial charge in [0, 0.05) is 5.92 Å². The smallest absolute Gasteiger partial charge is 0.258 e. The molecule has 0 fully saturated rings. The summed E-state index contributed by atoms with van der Waals surface area (Å²) in [5.41, 5.74) is 0.690. The first-order valence-electron chi connectivity index (χ1n) is 5.61. The Bertz CT molecular complexity index is 638. The third-order valence-corrected chi connectivity index (χ3v) is 3.30. The molecule has 0 saturated carbocycles. The summed E-state index contributed by atoms with van der Waals surface area (Å²) in [6.07, 6.45) is 0. The van der Waals surface area contributed by atoms with E-state index in [-0.39, 0.29) is 16.8 Å². The lowest BCUT2D eigenvalue weighted by Gasteiger charge is -2.04. The molecular weight excluding hydrogens is 289 g/mol. The lowest BCUT2D eigenvalue weighted by atomic mass is 10.1. The van der Waals surface area contributed by atoms with E-state index in [1.54, 1.807) is 24.3 Å². The van der Waals surface area contributed by atoms with Crippen molar-refractivity contribution in [3.63, 3.8) is 0 Å². The summed E-state index contributed by atoms with van der Waals surface area (Å²) in [7, 11) is 0. The third-order valence-electron chi connectivity index (χ3n) is 2.64.